The molecule has 0 bridgehead atoms. The van der Waals surface area contributed by atoms with Crippen LogP contribution in [0.5, 0.6) is 0 Å². The summed E-state index contributed by atoms with van der Waals surface area (Å²) >= 11 is 0. The van der Waals surface area contributed by atoms with E-state index in [0.717, 1.165) is 5.56 Å². The predicted octanol–water partition coefficient (Wildman–Crippen LogP) is 3.13. The standard InChI is InChI=1S/C15H17FN2O2S/c1-9-4-7-14(12(16)8-9)18-21(19,20)15-11(3)10(2)5-6-13(15)17/h4-8,18H,17H2,1-3H3. The Labute approximate surface area is 123 Å². The summed E-state index contributed by atoms with van der Waals surface area (Å²) in [6.07, 6.45) is 0. The molecule has 6 heteroatoms. The van der Waals surface area contributed by atoms with Crippen LogP contribution in [-0.2, 0) is 10.0 Å². The van der Waals surface area contributed by atoms with Crippen LogP contribution >= 0.6 is 0 Å². The second-order valence-electron chi connectivity index (χ2n) is 5.01. The molecule has 21 heavy (non-hydrogen) atoms. The summed E-state index contributed by atoms with van der Waals surface area (Å²) in [6.45, 7) is 5.19. The number of rotatable bonds is 3. The fourth-order valence-corrected chi connectivity index (χ4v) is 3.57. The number of nitrogens with one attached hydrogen (secondary N) is 1. The number of anilines is 2. The first kappa shape index (κ1) is 15.3. The van der Waals surface area contributed by atoms with Gasteiger partial charge in [0.1, 0.15) is 10.7 Å². The van der Waals surface area contributed by atoms with Gasteiger partial charge < -0.3 is 5.73 Å². The second kappa shape index (κ2) is 5.37. The minimum Gasteiger partial charge on any atom is -0.398 e. The average molecular weight is 308 g/mol. The lowest BCUT2D eigenvalue weighted by atomic mass is 10.1. The Balaban J connectivity index is 2.51. The molecule has 0 unspecified atom stereocenters. The van der Waals surface area contributed by atoms with Crippen molar-refractivity contribution >= 4 is 21.4 Å². The first-order chi connectivity index (χ1) is 9.72. The van der Waals surface area contributed by atoms with E-state index in [2.05, 4.69) is 4.72 Å². The Bertz CT molecular complexity index is 802. The van der Waals surface area contributed by atoms with Crippen molar-refractivity contribution in [2.45, 2.75) is 25.7 Å². The summed E-state index contributed by atoms with van der Waals surface area (Å²) in [6, 6.07) is 7.57. The van der Waals surface area contributed by atoms with Crippen molar-refractivity contribution in [1.29, 1.82) is 0 Å². The zero-order valence-corrected chi connectivity index (χ0v) is 12.9. The maximum atomic E-state index is 13.8. The minimum atomic E-state index is -3.95. The molecule has 0 heterocycles. The van der Waals surface area contributed by atoms with E-state index in [1.54, 1.807) is 32.9 Å². The Morgan fingerprint density at radius 1 is 1.10 bits per heavy atom. The molecule has 0 aliphatic carbocycles. The third kappa shape index (κ3) is 3.00. The van der Waals surface area contributed by atoms with Crippen LogP contribution in [0.1, 0.15) is 16.7 Å². The Morgan fingerprint density at radius 2 is 1.76 bits per heavy atom. The van der Waals surface area contributed by atoms with E-state index in [1.807, 2.05) is 0 Å². The molecule has 2 rings (SSSR count). The number of hydrogen-bond acceptors (Lipinski definition) is 3. The summed E-state index contributed by atoms with van der Waals surface area (Å²) < 4.78 is 41.0. The van der Waals surface area contributed by atoms with Gasteiger partial charge in [0, 0.05) is 0 Å². The largest absolute Gasteiger partial charge is 0.398 e. The lowest BCUT2D eigenvalue weighted by molar-refractivity contribution is 0.598. The van der Waals surface area contributed by atoms with Gasteiger partial charge in [0.2, 0.25) is 0 Å². The van der Waals surface area contributed by atoms with E-state index in [9.17, 15) is 12.8 Å². The molecule has 2 aromatic rings. The van der Waals surface area contributed by atoms with Crippen LogP contribution in [0.15, 0.2) is 35.2 Å². The molecule has 112 valence electrons. The van der Waals surface area contributed by atoms with Gasteiger partial charge in [0.15, 0.2) is 0 Å². The second-order valence-corrected chi connectivity index (χ2v) is 6.63. The van der Waals surface area contributed by atoms with Crippen LogP contribution in [0.4, 0.5) is 15.8 Å². The van der Waals surface area contributed by atoms with E-state index < -0.39 is 15.8 Å². The number of hydrogen-bond donors (Lipinski definition) is 2. The molecule has 0 saturated heterocycles. The van der Waals surface area contributed by atoms with Crippen molar-refractivity contribution < 1.29 is 12.8 Å². The smallest absolute Gasteiger partial charge is 0.264 e. The Kier molecular flexibility index (Phi) is 3.91. The topological polar surface area (TPSA) is 72.2 Å². The van der Waals surface area contributed by atoms with E-state index >= 15 is 0 Å². The summed E-state index contributed by atoms with van der Waals surface area (Å²) in [7, 11) is -3.95. The molecule has 0 radical (unpaired) electrons. The first-order valence-electron chi connectivity index (χ1n) is 6.37. The highest BCUT2D eigenvalue weighted by atomic mass is 32.2. The third-order valence-corrected chi connectivity index (χ3v) is 4.91. The number of nitrogens with two attached hydrogens (primary N) is 1. The van der Waals surface area contributed by atoms with Gasteiger partial charge in [-0.2, -0.15) is 0 Å². The maximum absolute atomic E-state index is 13.8. The minimum absolute atomic E-state index is 0.0116. The Morgan fingerprint density at radius 3 is 2.38 bits per heavy atom. The van der Waals surface area contributed by atoms with E-state index in [1.165, 1.54) is 18.2 Å². The lowest BCUT2D eigenvalue weighted by Gasteiger charge is -2.14. The van der Waals surface area contributed by atoms with Gasteiger partial charge in [-0.3, -0.25) is 4.72 Å². The maximum Gasteiger partial charge on any atom is 0.264 e. The number of halogens is 1. The highest BCUT2D eigenvalue weighted by molar-refractivity contribution is 7.93. The van der Waals surface area contributed by atoms with Gasteiger partial charge in [0.05, 0.1) is 11.4 Å². The molecule has 4 nitrogen and oxygen atoms in total. The van der Waals surface area contributed by atoms with Gasteiger partial charge in [-0.05, 0) is 55.7 Å². The highest BCUT2D eigenvalue weighted by Crippen LogP contribution is 2.28. The van der Waals surface area contributed by atoms with Crippen LogP contribution in [0.2, 0.25) is 0 Å². The van der Waals surface area contributed by atoms with Crippen molar-refractivity contribution in [3.63, 3.8) is 0 Å². The molecule has 0 aliphatic heterocycles. The number of sulfonamides is 1. The summed E-state index contributed by atoms with van der Waals surface area (Å²) in [4.78, 5) is -0.0116. The first-order valence-corrected chi connectivity index (χ1v) is 7.85. The van der Waals surface area contributed by atoms with Gasteiger partial charge in [-0.15, -0.1) is 0 Å². The van der Waals surface area contributed by atoms with Gasteiger partial charge >= 0.3 is 0 Å². The van der Waals surface area contributed by atoms with E-state index in [-0.39, 0.29) is 16.3 Å². The molecule has 3 N–H and O–H groups in total. The van der Waals surface area contributed by atoms with Crippen LogP contribution in [0.3, 0.4) is 0 Å². The molecule has 0 atom stereocenters. The molecular weight excluding hydrogens is 291 g/mol. The fourth-order valence-electron chi connectivity index (χ4n) is 2.07. The van der Waals surface area contributed by atoms with E-state index in [4.69, 9.17) is 5.73 Å². The summed E-state index contributed by atoms with van der Waals surface area (Å²) in [5, 5.41) is 0. The number of nitrogen functional groups attached to an aromatic ring is 1. The Hall–Kier alpha value is -2.08. The molecule has 0 saturated carbocycles. The van der Waals surface area contributed by atoms with Gasteiger partial charge in [0.25, 0.3) is 10.0 Å². The average Bonchev–Trinajstić information content (AvgIpc) is 2.37. The SMILES string of the molecule is Cc1ccc(NS(=O)(=O)c2c(N)ccc(C)c2C)c(F)c1. The third-order valence-electron chi connectivity index (χ3n) is 3.34. The molecule has 0 aromatic heterocycles. The quantitative estimate of drug-likeness (QED) is 0.856. The highest BCUT2D eigenvalue weighted by Gasteiger charge is 2.22. The molecular formula is C15H17FN2O2S. The summed E-state index contributed by atoms with van der Waals surface area (Å²) in [5.41, 5.74) is 7.88. The summed E-state index contributed by atoms with van der Waals surface area (Å²) in [5.74, 6) is -0.623. The molecule has 0 spiro atoms. The number of aryl methyl sites for hydroxylation is 2. The van der Waals surface area contributed by atoms with E-state index in [0.29, 0.717) is 11.1 Å². The van der Waals surface area contributed by atoms with Crippen molar-refractivity contribution in [2.75, 3.05) is 10.5 Å². The number of benzene rings is 2. The monoisotopic (exact) mass is 308 g/mol. The molecule has 0 fully saturated rings. The van der Waals surface area contributed by atoms with Crippen molar-refractivity contribution in [3.05, 3.63) is 52.8 Å². The molecule has 0 aliphatic rings. The van der Waals surface area contributed by atoms with Crippen LogP contribution in [0.25, 0.3) is 0 Å². The lowest BCUT2D eigenvalue weighted by Crippen LogP contribution is -2.17. The van der Waals surface area contributed by atoms with Crippen molar-refractivity contribution in [1.82, 2.24) is 0 Å². The molecule has 0 amide bonds. The van der Waals surface area contributed by atoms with Gasteiger partial charge in [-0.1, -0.05) is 12.1 Å². The van der Waals surface area contributed by atoms with Crippen LogP contribution in [-0.4, -0.2) is 8.42 Å². The zero-order valence-electron chi connectivity index (χ0n) is 12.1. The predicted molar refractivity (Wildman–Crippen MR) is 82.3 cm³/mol. The van der Waals surface area contributed by atoms with Gasteiger partial charge in [-0.25, -0.2) is 12.8 Å². The van der Waals surface area contributed by atoms with Crippen LogP contribution < -0.4 is 10.5 Å². The van der Waals surface area contributed by atoms with Crippen molar-refractivity contribution in [3.8, 4) is 0 Å². The van der Waals surface area contributed by atoms with Crippen molar-refractivity contribution in [2.24, 2.45) is 0 Å². The van der Waals surface area contributed by atoms with Crippen LogP contribution in [0, 0.1) is 26.6 Å². The zero-order chi connectivity index (χ0) is 15.8. The molecule has 2 aromatic carbocycles. The fraction of sp³-hybridized carbons (Fsp3) is 0.200. The normalized spacial score (nSPS) is 11.4.